The number of hydrogen-bond acceptors (Lipinski definition) is 3. The molecule has 0 saturated heterocycles. The summed E-state index contributed by atoms with van der Waals surface area (Å²) in [6.07, 6.45) is 3.20. The van der Waals surface area contributed by atoms with Crippen molar-refractivity contribution in [2.24, 2.45) is 0 Å². The van der Waals surface area contributed by atoms with Gasteiger partial charge in [-0.25, -0.2) is 4.98 Å². The van der Waals surface area contributed by atoms with Crippen LogP contribution in [0.3, 0.4) is 0 Å². The Hall–Kier alpha value is -0.0900. The van der Waals surface area contributed by atoms with Crippen molar-refractivity contribution in [2.75, 3.05) is 0 Å². The van der Waals surface area contributed by atoms with Gasteiger partial charge in [0, 0.05) is 0 Å². The van der Waals surface area contributed by atoms with Gasteiger partial charge in [0.2, 0.25) is 0 Å². The lowest BCUT2D eigenvalue weighted by Gasteiger charge is -1.84. The van der Waals surface area contributed by atoms with Crippen molar-refractivity contribution in [1.29, 1.82) is 0 Å². The summed E-state index contributed by atoms with van der Waals surface area (Å²) < 4.78 is 1.53. The molecular formula is C3H4N2S2. The van der Waals surface area contributed by atoms with E-state index in [0.717, 1.165) is 5.03 Å². The molecule has 0 fully saturated rings. The standard InChI is InChI=1S/C3H4N2S2/c6-3-1-4-2-5(3)7/h1-2,6-7H. The molecule has 1 aromatic heterocycles. The molecule has 0 radical (unpaired) electrons. The monoisotopic (exact) mass is 132 g/mol. The van der Waals surface area contributed by atoms with Crippen LogP contribution in [0.5, 0.6) is 0 Å². The molecule has 0 atom stereocenters. The van der Waals surface area contributed by atoms with Crippen molar-refractivity contribution in [3.05, 3.63) is 12.5 Å². The van der Waals surface area contributed by atoms with Crippen LogP contribution < -0.4 is 0 Å². The average molecular weight is 132 g/mol. The number of imidazole rings is 1. The maximum Gasteiger partial charge on any atom is 0.106 e. The topological polar surface area (TPSA) is 17.8 Å². The van der Waals surface area contributed by atoms with E-state index in [1.807, 2.05) is 0 Å². The molecule has 1 rings (SSSR count). The van der Waals surface area contributed by atoms with Crippen molar-refractivity contribution < 1.29 is 0 Å². The van der Waals surface area contributed by atoms with Crippen LogP contribution in [0.1, 0.15) is 0 Å². The van der Waals surface area contributed by atoms with Crippen LogP contribution in [-0.2, 0) is 0 Å². The van der Waals surface area contributed by atoms with Gasteiger partial charge in [0.15, 0.2) is 0 Å². The number of hydrogen-bond donors (Lipinski definition) is 2. The SMILES string of the molecule is Sc1cncn1S. The second-order valence-electron chi connectivity index (χ2n) is 1.10. The van der Waals surface area contributed by atoms with Gasteiger partial charge in [-0.2, -0.15) is 0 Å². The Balaban J connectivity index is 3.12. The number of rotatable bonds is 0. The zero-order valence-electron chi connectivity index (χ0n) is 3.44. The fourth-order valence-corrected chi connectivity index (χ4v) is 0.511. The van der Waals surface area contributed by atoms with Gasteiger partial charge in [-0.15, -0.1) is 12.6 Å². The first-order valence-corrected chi connectivity index (χ1v) is 2.56. The van der Waals surface area contributed by atoms with Gasteiger partial charge in [0.1, 0.15) is 11.4 Å². The second kappa shape index (κ2) is 1.79. The summed E-state index contributed by atoms with van der Waals surface area (Å²) >= 11 is 7.90. The van der Waals surface area contributed by atoms with E-state index in [-0.39, 0.29) is 0 Å². The van der Waals surface area contributed by atoms with Crippen molar-refractivity contribution in [3.63, 3.8) is 0 Å². The van der Waals surface area contributed by atoms with E-state index in [2.05, 4.69) is 30.4 Å². The van der Waals surface area contributed by atoms with Crippen molar-refractivity contribution in [2.45, 2.75) is 5.03 Å². The predicted octanol–water partition coefficient (Wildman–Crippen LogP) is 0.865. The summed E-state index contributed by atoms with van der Waals surface area (Å²) in [5.41, 5.74) is 0. The fourth-order valence-electron chi connectivity index (χ4n) is 0.281. The summed E-state index contributed by atoms with van der Waals surface area (Å²) in [6.45, 7) is 0. The summed E-state index contributed by atoms with van der Waals surface area (Å²) in [4.78, 5) is 3.73. The Morgan fingerprint density at radius 3 is 2.57 bits per heavy atom. The smallest absolute Gasteiger partial charge is 0.106 e. The molecule has 0 aliphatic rings. The average Bonchev–Trinajstić information content (AvgIpc) is 1.91. The fraction of sp³-hybridized carbons (Fsp3) is 0. The third kappa shape index (κ3) is 0.920. The highest BCUT2D eigenvalue weighted by atomic mass is 32.1. The molecule has 0 aliphatic carbocycles. The minimum Gasteiger partial charge on any atom is -0.270 e. The first-order chi connectivity index (χ1) is 3.30. The van der Waals surface area contributed by atoms with Gasteiger partial charge < -0.3 is 0 Å². The largest absolute Gasteiger partial charge is 0.270 e. The molecular weight excluding hydrogens is 128 g/mol. The highest BCUT2D eigenvalue weighted by Gasteiger charge is 1.85. The van der Waals surface area contributed by atoms with Crippen molar-refractivity contribution >= 4 is 25.4 Å². The van der Waals surface area contributed by atoms with Gasteiger partial charge in [-0.3, -0.25) is 3.97 Å². The molecule has 0 unspecified atom stereocenters. The van der Waals surface area contributed by atoms with E-state index in [4.69, 9.17) is 0 Å². The summed E-state index contributed by atoms with van der Waals surface area (Å²) in [5.74, 6) is 0. The van der Waals surface area contributed by atoms with Gasteiger partial charge in [0.25, 0.3) is 0 Å². The Labute approximate surface area is 52.5 Å². The highest BCUT2D eigenvalue weighted by Crippen LogP contribution is 2.03. The second-order valence-corrected chi connectivity index (χ2v) is 1.99. The number of nitrogens with zero attached hydrogens (tertiary/aromatic N) is 2. The third-order valence-corrected chi connectivity index (χ3v) is 1.41. The summed E-state index contributed by atoms with van der Waals surface area (Å²) in [6, 6.07) is 0. The molecule has 7 heavy (non-hydrogen) atoms. The van der Waals surface area contributed by atoms with Crippen LogP contribution in [-0.4, -0.2) is 8.96 Å². The molecule has 0 spiro atoms. The van der Waals surface area contributed by atoms with E-state index >= 15 is 0 Å². The van der Waals surface area contributed by atoms with E-state index < -0.39 is 0 Å². The third-order valence-electron chi connectivity index (χ3n) is 0.601. The molecule has 0 aliphatic heterocycles. The Bertz CT molecular complexity index is 143. The predicted molar refractivity (Wildman–Crippen MR) is 33.9 cm³/mol. The van der Waals surface area contributed by atoms with Gasteiger partial charge in [-0.1, -0.05) is 12.8 Å². The van der Waals surface area contributed by atoms with Crippen LogP contribution in [0, 0.1) is 0 Å². The maximum atomic E-state index is 3.97. The van der Waals surface area contributed by atoms with E-state index in [1.54, 1.807) is 12.5 Å². The lowest BCUT2D eigenvalue weighted by atomic mass is 11.0. The zero-order valence-corrected chi connectivity index (χ0v) is 5.23. The molecule has 0 amide bonds. The summed E-state index contributed by atoms with van der Waals surface area (Å²) in [5, 5.41) is 0.753. The number of aromatic nitrogens is 2. The summed E-state index contributed by atoms with van der Waals surface area (Å²) in [7, 11) is 0. The first kappa shape index (κ1) is 5.05. The molecule has 2 nitrogen and oxygen atoms in total. The zero-order chi connectivity index (χ0) is 5.28. The quantitative estimate of drug-likeness (QED) is 0.501. The van der Waals surface area contributed by atoms with Crippen LogP contribution in [0.4, 0.5) is 0 Å². The van der Waals surface area contributed by atoms with Crippen molar-refractivity contribution in [1.82, 2.24) is 8.96 Å². The molecule has 0 saturated carbocycles. The molecule has 1 aromatic rings. The van der Waals surface area contributed by atoms with Crippen LogP contribution >= 0.6 is 25.4 Å². The van der Waals surface area contributed by atoms with Crippen molar-refractivity contribution in [3.8, 4) is 0 Å². The maximum absolute atomic E-state index is 3.97. The Morgan fingerprint density at radius 2 is 2.43 bits per heavy atom. The molecule has 0 aromatic carbocycles. The van der Waals surface area contributed by atoms with Crippen LogP contribution in [0.15, 0.2) is 17.6 Å². The Morgan fingerprint density at radius 1 is 1.71 bits per heavy atom. The number of thiol groups is 2. The normalized spacial score (nSPS) is 9.43. The Kier molecular flexibility index (Phi) is 1.30. The van der Waals surface area contributed by atoms with E-state index in [1.165, 1.54) is 3.97 Å². The minimum atomic E-state index is 0.753. The van der Waals surface area contributed by atoms with Gasteiger partial charge >= 0.3 is 0 Å². The van der Waals surface area contributed by atoms with Crippen LogP contribution in [0.25, 0.3) is 0 Å². The molecule has 1 heterocycles. The van der Waals surface area contributed by atoms with Gasteiger partial charge in [-0.05, 0) is 0 Å². The highest BCUT2D eigenvalue weighted by molar-refractivity contribution is 7.82. The van der Waals surface area contributed by atoms with E-state index in [0.29, 0.717) is 0 Å². The molecule has 0 bridgehead atoms. The lowest BCUT2D eigenvalue weighted by Crippen LogP contribution is -1.71. The van der Waals surface area contributed by atoms with Gasteiger partial charge in [0.05, 0.1) is 6.20 Å². The van der Waals surface area contributed by atoms with Crippen LogP contribution in [0.2, 0.25) is 0 Å². The van der Waals surface area contributed by atoms with E-state index in [9.17, 15) is 0 Å². The lowest BCUT2D eigenvalue weighted by molar-refractivity contribution is 1.12. The molecule has 38 valence electrons. The molecule has 4 heteroatoms. The molecule has 0 N–H and O–H groups in total. The first-order valence-electron chi connectivity index (χ1n) is 1.71. The minimum absolute atomic E-state index is 0.753.